The van der Waals surface area contributed by atoms with Gasteiger partial charge in [-0.25, -0.2) is 0 Å². The minimum absolute atomic E-state index is 0.561. The highest BCUT2D eigenvalue weighted by atomic mass is 32.2. The normalized spacial score (nSPS) is 22.0. The van der Waals surface area contributed by atoms with E-state index in [0.29, 0.717) is 18.5 Å². The summed E-state index contributed by atoms with van der Waals surface area (Å²) in [4.78, 5) is 0. The fourth-order valence-electron chi connectivity index (χ4n) is 2.52. The number of nitrogen functional groups attached to an aromatic ring is 1. The molecule has 0 amide bonds. The topological polar surface area (TPSA) is 53.1 Å². The van der Waals surface area contributed by atoms with Gasteiger partial charge in [0.1, 0.15) is 0 Å². The van der Waals surface area contributed by atoms with Crippen molar-refractivity contribution < 1.29 is 4.74 Å². The van der Waals surface area contributed by atoms with Gasteiger partial charge in [0.05, 0.1) is 19.3 Å². The van der Waals surface area contributed by atoms with Crippen molar-refractivity contribution in [2.45, 2.75) is 31.9 Å². The maximum Gasteiger partial charge on any atom is 0.151 e. The number of nitrogens with zero attached hydrogens (tertiary/aromatic N) is 2. The predicted molar refractivity (Wildman–Crippen MR) is 65.6 cm³/mol. The average Bonchev–Trinajstić information content (AvgIpc) is 2.69. The lowest BCUT2D eigenvalue weighted by Crippen LogP contribution is -2.21. The van der Waals surface area contributed by atoms with Crippen molar-refractivity contribution in [3.8, 4) is 0 Å². The summed E-state index contributed by atoms with van der Waals surface area (Å²) in [6, 6.07) is 0.561. The van der Waals surface area contributed by atoms with Crippen LogP contribution in [0.25, 0.3) is 0 Å². The Morgan fingerprint density at radius 3 is 3.00 bits per heavy atom. The molecule has 0 aliphatic carbocycles. The van der Waals surface area contributed by atoms with Gasteiger partial charge in [0.15, 0.2) is 5.82 Å². The zero-order valence-corrected chi connectivity index (χ0v) is 10.1. The minimum atomic E-state index is 0.561. The SMILES string of the molecule is Nc1nn(C2CCSCC2)c2c1COCC2. The van der Waals surface area contributed by atoms with E-state index in [9.17, 15) is 0 Å². The van der Waals surface area contributed by atoms with Gasteiger partial charge in [-0.2, -0.15) is 16.9 Å². The standard InChI is InChI=1S/C11H17N3OS/c12-11-9-7-15-4-1-10(9)14(13-11)8-2-5-16-6-3-8/h8H,1-7H2,(H2,12,13). The molecule has 88 valence electrons. The second-order valence-electron chi connectivity index (χ2n) is 4.40. The van der Waals surface area contributed by atoms with E-state index < -0.39 is 0 Å². The van der Waals surface area contributed by atoms with E-state index in [1.54, 1.807) is 0 Å². The van der Waals surface area contributed by atoms with Crippen molar-refractivity contribution in [2.75, 3.05) is 23.8 Å². The molecule has 2 aliphatic rings. The molecule has 1 aromatic heterocycles. The molecule has 3 heterocycles. The second-order valence-corrected chi connectivity index (χ2v) is 5.63. The quantitative estimate of drug-likeness (QED) is 0.809. The summed E-state index contributed by atoms with van der Waals surface area (Å²) in [5.74, 6) is 3.17. The molecule has 0 bridgehead atoms. The second kappa shape index (κ2) is 4.30. The summed E-state index contributed by atoms with van der Waals surface area (Å²) in [6.45, 7) is 1.45. The number of nitrogens with two attached hydrogens (primary N) is 1. The van der Waals surface area contributed by atoms with Crippen LogP contribution in [0.1, 0.15) is 30.1 Å². The van der Waals surface area contributed by atoms with Crippen LogP contribution in [0.15, 0.2) is 0 Å². The molecule has 0 saturated carbocycles. The summed E-state index contributed by atoms with van der Waals surface area (Å²) in [5.41, 5.74) is 8.40. The Balaban J connectivity index is 1.93. The van der Waals surface area contributed by atoms with Crippen LogP contribution in [0.4, 0.5) is 5.82 Å². The highest BCUT2D eigenvalue weighted by molar-refractivity contribution is 7.99. The number of thioether (sulfide) groups is 1. The Kier molecular flexibility index (Phi) is 2.81. The summed E-state index contributed by atoms with van der Waals surface area (Å²) in [7, 11) is 0. The summed E-state index contributed by atoms with van der Waals surface area (Å²) >= 11 is 2.04. The third-order valence-electron chi connectivity index (χ3n) is 3.42. The molecule has 0 spiro atoms. The fraction of sp³-hybridized carbons (Fsp3) is 0.727. The maximum absolute atomic E-state index is 5.95. The first-order chi connectivity index (χ1) is 7.86. The van der Waals surface area contributed by atoms with Crippen LogP contribution >= 0.6 is 11.8 Å². The molecule has 5 heteroatoms. The molecule has 2 N–H and O–H groups in total. The number of aromatic nitrogens is 2. The molecule has 16 heavy (non-hydrogen) atoms. The molecule has 3 rings (SSSR count). The van der Waals surface area contributed by atoms with E-state index in [4.69, 9.17) is 10.5 Å². The van der Waals surface area contributed by atoms with Gasteiger partial charge in [0.2, 0.25) is 0 Å². The van der Waals surface area contributed by atoms with E-state index in [1.807, 2.05) is 11.8 Å². The van der Waals surface area contributed by atoms with Gasteiger partial charge in [-0.1, -0.05) is 0 Å². The third-order valence-corrected chi connectivity index (χ3v) is 4.46. The molecule has 0 radical (unpaired) electrons. The van der Waals surface area contributed by atoms with Gasteiger partial charge in [-0.05, 0) is 24.3 Å². The van der Waals surface area contributed by atoms with Crippen LogP contribution < -0.4 is 5.73 Å². The molecule has 1 aromatic rings. The summed E-state index contributed by atoms with van der Waals surface area (Å²) in [5, 5.41) is 4.52. The molecule has 0 atom stereocenters. The number of ether oxygens (including phenoxy) is 1. The van der Waals surface area contributed by atoms with Crippen LogP contribution in [0.3, 0.4) is 0 Å². The van der Waals surface area contributed by atoms with Crippen molar-refractivity contribution >= 4 is 17.6 Å². The van der Waals surface area contributed by atoms with Crippen LogP contribution in [0.5, 0.6) is 0 Å². The Morgan fingerprint density at radius 2 is 2.19 bits per heavy atom. The third kappa shape index (κ3) is 1.72. The van der Waals surface area contributed by atoms with Crippen LogP contribution in [-0.2, 0) is 17.8 Å². The van der Waals surface area contributed by atoms with E-state index in [2.05, 4.69) is 9.78 Å². The van der Waals surface area contributed by atoms with Crippen LogP contribution in [0, 0.1) is 0 Å². The van der Waals surface area contributed by atoms with Crippen molar-refractivity contribution in [1.82, 2.24) is 9.78 Å². The average molecular weight is 239 g/mol. The summed E-state index contributed by atoms with van der Waals surface area (Å²) in [6.07, 6.45) is 3.40. The van der Waals surface area contributed by atoms with Gasteiger partial charge in [0, 0.05) is 17.7 Å². The molecule has 0 aromatic carbocycles. The Morgan fingerprint density at radius 1 is 1.38 bits per heavy atom. The monoisotopic (exact) mass is 239 g/mol. The van der Waals surface area contributed by atoms with E-state index in [0.717, 1.165) is 18.6 Å². The van der Waals surface area contributed by atoms with Gasteiger partial charge >= 0.3 is 0 Å². The lowest BCUT2D eigenvalue weighted by atomic mass is 10.1. The lowest BCUT2D eigenvalue weighted by Gasteiger charge is -2.25. The van der Waals surface area contributed by atoms with Crippen molar-refractivity contribution in [1.29, 1.82) is 0 Å². The first-order valence-electron chi connectivity index (χ1n) is 5.87. The fourth-order valence-corrected chi connectivity index (χ4v) is 3.60. The molecule has 1 fully saturated rings. The Hall–Kier alpha value is -0.680. The number of hydrogen-bond donors (Lipinski definition) is 1. The Labute approximate surface area is 99.5 Å². The van der Waals surface area contributed by atoms with Gasteiger partial charge in [0.25, 0.3) is 0 Å². The number of hydrogen-bond acceptors (Lipinski definition) is 4. The highest BCUT2D eigenvalue weighted by Gasteiger charge is 2.25. The number of anilines is 1. The molecule has 1 saturated heterocycles. The number of rotatable bonds is 1. The molecule has 2 aliphatic heterocycles. The predicted octanol–water partition coefficient (Wildman–Crippen LogP) is 1.61. The van der Waals surface area contributed by atoms with Crippen LogP contribution in [0.2, 0.25) is 0 Å². The van der Waals surface area contributed by atoms with Crippen molar-refractivity contribution in [2.24, 2.45) is 0 Å². The first-order valence-corrected chi connectivity index (χ1v) is 7.03. The smallest absolute Gasteiger partial charge is 0.151 e. The molecule has 0 unspecified atom stereocenters. The molecular weight excluding hydrogens is 222 g/mol. The first kappa shape index (κ1) is 10.5. The van der Waals surface area contributed by atoms with Gasteiger partial charge < -0.3 is 10.5 Å². The van der Waals surface area contributed by atoms with Crippen LogP contribution in [-0.4, -0.2) is 27.9 Å². The van der Waals surface area contributed by atoms with E-state index >= 15 is 0 Å². The number of fused-ring (bicyclic) bond motifs is 1. The van der Waals surface area contributed by atoms with E-state index in [-0.39, 0.29) is 0 Å². The maximum atomic E-state index is 5.95. The van der Waals surface area contributed by atoms with E-state index in [1.165, 1.54) is 30.0 Å². The van der Waals surface area contributed by atoms with Crippen molar-refractivity contribution in [3.05, 3.63) is 11.3 Å². The largest absolute Gasteiger partial charge is 0.382 e. The minimum Gasteiger partial charge on any atom is -0.382 e. The Bertz CT molecular complexity index is 385. The molecular formula is C11H17N3OS. The highest BCUT2D eigenvalue weighted by Crippen LogP contribution is 2.31. The zero-order valence-electron chi connectivity index (χ0n) is 9.32. The van der Waals surface area contributed by atoms with Gasteiger partial charge in [-0.3, -0.25) is 4.68 Å². The summed E-state index contributed by atoms with van der Waals surface area (Å²) < 4.78 is 7.63. The van der Waals surface area contributed by atoms with Crippen molar-refractivity contribution in [3.63, 3.8) is 0 Å². The zero-order chi connectivity index (χ0) is 11.0. The lowest BCUT2D eigenvalue weighted by molar-refractivity contribution is 0.108. The van der Waals surface area contributed by atoms with Gasteiger partial charge in [-0.15, -0.1) is 0 Å². The molecule has 4 nitrogen and oxygen atoms in total.